The van der Waals surface area contributed by atoms with Crippen LogP contribution in [0.25, 0.3) is 6.08 Å². The summed E-state index contributed by atoms with van der Waals surface area (Å²) in [5, 5.41) is 14.5. The van der Waals surface area contributed by atoms with Crippen LogP contribution in [0.2, 0.25) is 0 Å². The quantitative estimate of drug-likeness (QED) is 0.420. The van der Waals surface area contributed by atoms with Crippen LogP contribution in [0.1, 0.15) is 24.6 Å². The second-order valence-electron chi connectivity index (χ2n) is 6.64. The van der Waals surface area contributed by atoms with Crippen LogP contribution in [-0.4, -0.2) is 28.4 Å². The smallest absolute Gasteiger partial charge is 0.244 e. The lowest BCUT2D eigenvalue weighted by atomic mass is 10.1. The number of rotatable bonds is 8. The number of aromatic nitrogens is 1. The van der Waals surface area contributed by atoms with E-state index in [0.29, 0.717) is 17.4 Å². The molecule has 30 heavy (non-hydrogen) atoms. The number of hydrogen-bond acceptors (Lipinski definition) is 5. The molecule has 3 aromatic rings. The molecule has 6 nitrogen and oxygen atoms in total. The first-order chi connectivity index (χ1) is 14.5. The Bertz CT molecular complexity index is 1010. The van der Waals surface area contributed by atoms with Crippen molar-refractivity contribution in [2.45, 2.75) is 19.8 Å². The maximum atomic E-state index is 12.1. The fourth-order valence-corrected chi connectivity index (χ4v) is 3.70. The zero-order valence-electron chi connectivity index (χ0n) is 16.6. The number of nitrogens with zero attached hydrogens (tertiary/aromatic N) is 2. The molecule has 0 saturated heterocycles. The van der Waals surface area contributed by atoms with Crippen molar-refractivity contribution in [3.05, 3.63) is 77.3 Å². The van der Waals surface area contributed by atoms with Gasteiger partial charge in [-0.1, -0.05) is 30.3 Å². The minimum atomic E-state index is -0.193. The summed E-state index contributed by atoms with van der Waals surface area (Å²) in [6.07, 6.45) is 4.70. The van der Waals surface area contributed by atoms with E-state index in [2.05, 4.69) is 10.3 Å². The number of carbonyl (C=O) groups is 2. The van der Waals surface area contributed by atoms with Crippen molar-refractivity contribution < 1.29 is 14.7 Å². The first-order valence-electron chi connectivity index (χ1n) is 9.58. The third-order valence-electron chi connectivity index (χ3n) is 4.31. The number of amides is 2. The number of aryl methyl sites for hydroxylation is 1. The summed E-state index contributed by atoms with van der Waals surface area (Å²) in [4.78, 5) is 30.1. The summed E-state index contributed by atoms with van der Waals surface area (Å²) in [5.41, 5.74) is 2.48. The molecule has 2 N–H and O–H groups in total. The molecule has 1 heterocycles. The van der Waals surface area contributed by atoms with E-state index >= 15 is 0 Å². The molecule has 0 fully saturated rings. The Balaban J connectivity index is 1.51. The maximum Gasteiger partial charge on any atom is 0.244 e. The van der Waals surface area contributed by atoms with Crippen molar-refractivity contribution >= 4 is 40.0 Å². The maximum absolute atomic E-state index is 12.1. The number of phenols is 1. The Hall–Kier alpha value is -3.45. The van der Waals surface area contributed by atoms with Gasteiger partial charge in [0.25, 0.3) is 0 Å². The highest BCUT2D eigenvalue weighted by atomic mass is 32.1. The molecular formula is C23H23N3O3S. The van der Waals surface area contributed by atoms with Gasteiger partial charge in [0.1, 0.15) is 5.75 Å². The van der Waals surface area contributed by atoms with Gasteiger partial charge in [-0.2, -0.15) is 0 Å². The topological polar surface area (TPSA) is 82.5 Å². The van der Waals surface area contributed by atoms with E-state index in [1.54, 1.807) is 23.1 Å². The number of benzene rings is 2. The predicted octanol–water partition coefficient (Wildman–Crippen LogP) is 4.30. The van der Waals surface area contributed by atoms with Crippen LogP contribution in [0.15, 0.2) is 66.1 Å². The van der Waals surface area contributed by atoms with Crippen LogP contribution in [-0.2, 0) is 16.0 Å². The van der Waals surface area contributed by atoms with Crippen molar-refractivity contribution in [1.82, 2.24) is 10.3 Å². The van der Waals surface area contributed by atoms with Gasteiger partial charge in [-0.15, -0.1) is 11.3 Å². The third kappa shape index (κ3) is 6.02. The number of phenolic OH excluding ortho intramolecular Hbond substituents is 1. The highest BCUT2D eigenvalue weighted by Gasteiger charge is 2.17. The van der Waals surface area contributed by atoms with Gasteiger partial charge in [0, 0.05) is 24.9 Å². The number of thiazole rings is 1. The molecule has 0 saturated carbocycles. The lowest BCUT2D eigenvalue weighted by Crippen LogP contribution is -2.22. The fraction of sp³-hybridized carbons (Fsp3) is 0.174. The van der Waals surface area contributed by atoms with Crippen LogP contribution < -0.4 is 10.2 Å². The average Bonchev–Trinajstić information content (AvgIpc) is 3.20. The van der Waals surface area contributed by atoms with Crippen molar-refractivity contribution in [3.63, 3.8) is 0 Å². The van der Waals surface area contributed by atoms with E-state index in [1.165, 1.54) is 24.3 Å². The number of hydrogen-bond donors (Lipinski definition) is 2. The monoisotopic (exact) mass is 421 g/mol. The Morgan fingerprint density at radius 3 is 2.57 bits per heavy atom. The molecule has 3 rings (SSSR count). The Labute approximate surface area is 179 Å². The summed E-state index contributed by atoms with van der Waals surface area (Å²) < 4.78 is 0. The van der Waals surface area contributed by atoms with E-state index in [9.17, 15) is 14.7 Å². The zero-order valence-corrected chi connectivity index (χ0v) is 17.4. The van der Waals surface area contributed by atoms with Crippen LogP contribution in [0, 0.1) is 0 Å². The van der Waals surface area contributed by atoms with Gasteiger partial charge in [0.15, 0.2) is 5.13 Å². The number of para-hydroxylation sites is 1. The fourth-order valence-electron chi connectivity index (χ4n) is 2.85. The summed E-state index contributed by atoms with van der Waals surface area (Å²) in [6.45, 7) is 2.05. The lowest BCUT2D eigenvalue weighted by Gasteiger charge is -2.17. The highest BCUT2D eigenvalue weighted by Crippen LogP contribution is 2.28. The number of nitrogens with one attached hydrogen (secondary N) is 1. The van der Waals surface area contributed by atoms with E-state index in [1.807, 2.05) is 47.8 Å². The molecular weight excluding hydrogens is 398 g/mol. The van der Waals surface area contributed by atoms with Gasteiger partial charge in [0.05, 0.1) is 11.4 Å². The summed E-state index contributed by atoms with van der Waals surface area (Å²) >= 11 is 1.35. The van der Waals surface area contributed by atoms with Gasteiger partial charge in [-0.05, 0) is 48.7 Å². The van der Waals surface area contributed by atoms with Crippen molar-refractivity contribution in [2.24, 2.45) is 0 Å². The molecule has 2 aromatic carbocycles. The molecule has 0 bridgehead atoms. The largest absolute Gasteiger partial charge is 0.508 e. The Kier molecular flexibility index (Phi) is 7.34. The molecule has 0 unspecified atom stereocenters. The molecule has 1 aromatic heterocycles. The second kappa shape index (κ2) is 10.4. The van der Waals surface area contributed by atoms with Crippen LogP contribution in [0.4, 0.5) is 10.8 Å². The number of carbonyl (C=O) groups excluding carboxylic acids is 2. The minimum Gasteiger partial charge on any atom is -0.508 e. The van der Waals surface area contributed by atoms with Gasteiger partial charge in [-0.25, -0.2) is 4.98 Å². The number of anilines is 2. The normalized spacial score (nSPS) is 10.8. The van der Waals surface area contributed by atoms with E-state index in [0.717, 1.165) is 24.1 Å². The standard InChI is InChI=1S/C23H23N3O3S/c1-17(27)26(20-7-3-2-4-8-20)23-25-19(16-30-23)11-14-22(29)24-15-5-6-18-9-12-21(28)13-10-18/h2-4,7-14,16,28H,5-6,15H2,1H3,(H,24,29). The predicted molar refractivity (Wildman–Crippen MR) is 120 cm³/mol. The van der Waals surface area contributed by atoms with E-state index in [4.69, 9.17) is 0 Å². The van der Waals surface area contributed by atoms with Crippen molar-refractivity contribution in [2.75, 3.05) is 11.4 Å². The molecule has 0 aliphatic heterocycles. The zero-order chi connectivity index (χ0) is 21.3. The first-order valence-corrected chi connectivity index (χ1v) is 10.5. The van der Waals surface area contributed by atoms with Crippen molar-refractivity contribution in [3.8, 4) is 5.75 Å². The Morgan fingerprint density at radius 1 is 1.13 bits per heavy atom. The van der Waals surface area contributed by atoms with E-state index in [-0.39, 0.29) is 17.6 Å². The molecule has 154 valence electrons. The molecule has 0 radical (unpaired) electrons. The highest BCUT2D eigenvalue weighted by molar-refractivity contribution is 7.14. The molecule has 0 aliphatic carbocycles. The summed E-state index contributed by atoms with van der Waals surface area (Å²) in [6, 6.07) is 16.4. The summed E-state index contributed by atoms with van der Waals surface area (Å²) in [7, 11) is 0. The molecule has 7 heteroatoms. The van der Waals surface area contributed by atoms with Gasteiger partial charge in [0.2, 0.25) is 11.8 Å². The van der Waals surface area contributed by atoms with Gasteiger partial charge in [-0.3, -0.25) is 14.5 Å². The number of aromatic hydroxyl groups is 1. The molecule has 0 atom stereocenters. The summed E-state index contributed by atoms with van der Waals surface area (Å²) in [5.74, 6) is -0.0724. The van der Waals surface area contributed by atoms with Gasteiger partial charge < -0.3 is 10.4 Å². The SMILES string of the molecule is CC(=O)N(c1ccccc1)c1nc(C=CC(=O)NCCCc2ccc(O)cc2)cs1. The molecule has 2 amide bonds. The van der Waals surface area contributed by atoms with Crippen LogP contribution >= 0.6 is 11.3 Å². The van der Waals surface area contributed by atoms with Crippen molar-refractivity contribution in [1.29, 1.82) is 0 Å². The third-order valence-corrected chi connectivity index (χ3v) is 5.16. The van der Waals surface area contributed by atoms with Crippen LogP contribution in [0.5, 0.6) is 5.75 Å². The average molecular weight is 422 g/mol. The van der Waals surface area contributed by atoms with Crippen LogP contribution in [0.3, 0.4) is 0 Å². The lowest BCUT2D eigenvalue weighted by molar-refractivity contribution is -0.117. The minimum absolute atomic E-state index is 0.127. The second-order valence-corrected chi connectivity index (χ2v) is 7.48. The Morgan fingerprint density at radius 2 is 1.87 bits per heavy atom. The molecule has 0 spiro atoms. The first kappa shape index (κ1) is 21.3. The molecule has 0 aliphatic rings. The van der Waals surface area contributed by atoms with Gasteiger partial charge >= 0.3 is 0 Å². The van der Waals surface area contributed by atoms with E-state index < -0.39 is 0 Å².